The Labute approximate surface area is 212 Å². The van der Waals surface area contributed by atoms with Crippen molar-refractivity contribution in [1.82, 2.24) is 9.97 Å². The van der Waals surface area contributed by atoms with Gasteiger partial charge in [-0.2, -0.15) is 0 Å². The molecule has 5 N–H and O–H groups in total. The average Bonchev–Trinajstić information content (AvgIpc) is 3.46. The molecule has 188 valence electrons. The monoisotopic (exact) mass is 511 g/mol. The van der Waals surface area contributed by atoms with Crippen molar-refractivity contribution in [2.75, 3.05) is 5.32 Å². The molecule has 1 amide bonds. The minimum atomic E-state index is -0.827. The maximum Gasteiger partial charge on any atom is 0.303 e. The zero-order chi connectivity index (χ0) is 26.4. The minimum Gasteiger partial charge on any atom is -0.481 e. The van der Waals surface area contributed by atoms with Crippen LogP contribution in [0, 0.1) is 13.8 Å². The van der Waals surface area contributed by atoms with Crippen LogP contribution in [0.3, 0.4) is 0 Å². The number of anilines is 1. The Morgan fingerprint density at radius 2 is 1.50 bits per heavy atom. The van der Waals surface area contributed by atoms with Crippen molar-refractivity contribution in [2.24, 2.45) is 0 Å². The van der Waals surface area contributed by atoms with Gasteiger partial charge < -0.3 is 25.5 Å². The van der Waals surface area contributed by atoms with Gasteiger partial charge in [-0.3, -0.25) is 19.2 Å². The van der Waals surface area contributed by atoms with E-state index in [0.717, 1.165) is 39.8 Å². The Bertz CT molecular complexity index is 1350. The summed E-state index contributed by atoms with van der Waals surface area (Å²) < 4.78 is 0. The lowest BCUT2D eigenvalue weighted by Gasteiger charge is -2.00. The predicted octanol–water partition coefficient (Wildman–Crippen LogP) is 4.64. The first kappa shape index (κ1) is 26.5. The Kier molecular flexibility index (Phi) is 8.50. The Balaban J connectivity index is 0.000000236. The van der Waals surface area contributed by atoms with Crippen molar-refractivity contribution in [1.29, 1.82) is 0 Å². The van der Waals surface area contributed by atoms with Crippen LogP contribution < -0.4 is 5.32 Å². The second-order valence-electron chi connectivity index (χ2n) is 8.31. The van der Waals surface area contributed by atoms with Gasteiger partial charge in [0.1, 0.15) is 0 Å². The fourth-order valence-electron chi connectivity index (χ4n) is 3.84. The molecule has 0 saturated heterocycles. The first-order valence-corrected chi connectivity index (χ1v) is 11.5. The highest BCUT2D eigenvalue weighted by Gasteiger charge is 2.24. The molecule has 3 aromatic rings. The molecule has 0 fully saturated rings. The highest BCUT2D eigenvalue weighted by Crippen LogP contribution is 2.35. The summed E-state index contributed by atoms with van der Waals surface area (Å²) in [4.78, 5) is 49.5. The number of aromatic nitrogens is 2. The number of carbonyl (C=O) groups excluding carboxylic acids is 2. The highest BCUT2D eigenvalue weighted by atomic mass is 35.5. The van der Waals surface area contributed by atoms with Gasteiger partial charge in [0.2, 0.25) is 0 Å². The highest BCUT2D eigenvalue weighted by molar-refractivity contribution is 6.36. The van der Waals surface area contributed by atoms with Crippen LogP contribution in [0.2, 0.25) is 5.02 Å². The molecule has 9 nitrogen and oxygen atoms in total. The first-order valence-electron chi connectivity index (χ1n) is 11.2. The summed E-state index contributed by atoms with van der Waals surface area (Å²) in [6.07, 6.45) is 7.09. The number of aryl methyl sites for hydroxylation is 2. The number of carboxylic acids is 2. The molecule has 3 heterocycles. The maximum atomic E-state index is 12.2. The molecule has 1 aliphatic heterocycles. The lowest BCUT2D eigenvalue weighted by atomic mass is 10.0. The number of carboxylic acid groups (broad SMARTS) is 2. The number of nitrogens with one attached hydrogen (secondary N) is 3. The lowest BCUT2D eigenvalue weighted by Crippen LogP contribution is -2.03. The zero-order valence-corrected chi connectivity index (χ0v) is 20.5. The number of hydrogen-bond donors (Lipinski definition) is 5. The van der Waals surface area contributed by atoms with Crippen LogP contribution in [-0.4, -0.2) is 44.3 Å². The van der Waals surface area contributed by atoms with E-state index in [4.69, 9.17) is 21.8 Å². The van der Waals surface area contributed by atoms with E-state index in [2.05, 4.69) is 15.3 Å². The Morgan fingerprint density at radius 3 is 2.03 bits per heavy atom. The number of aromatic amines is 2. The van der Waals surface area contributed by atoms with Crippen molar-refractivity contribution < 1.29 is 29.4 Å². The first-order chi connectivity index (χ1) is 17.1. The molecule has 0 spiro atoms. The summed E-state index contributed by atoms with van der Waals surface area (Å²) in [6.45, 7) is 3.72. The van der Waals surface area contributed by atoms with Crippen molar-refractivity contribution in [3.63, 3.8) is 0 Å². The molecule has 0 unspecified atom stereocenters. The lowest BCUT2D eigenvalue weighted by molar-refractivity contribution is -0.138. The van der Waals surface area contributed by atoms with Gasteiger partial charge in [0.15, 0.2) is 6.29 Å². The third-order valence-corrected chi connectivity index (χ3v) is 6.20. The number of rotatable bonds is 8. The van der Waals surface area contributed by atoms with Gasteiger partial charge >= 0.3 is 11.9 Å². The maximum absolute atomic E-state index is 12.2. The zero-order valence-electron chi connectivity index (χ0n) is 19.8. The summed E-state index contributed by atoms with van der Waals surface area (Å²) >= 11 is 5.94. The van der Waals surface area contributed by atoms with Crippen molar-refractivity contribution in [3.05, 3.63) is 74.8 Å². The number of H-pyrrole nitrogens is 2. The number of carbonyl (C=O) groups is 4. The Morgan fingerprint density at radius 1 is 0.944 bits per heavy atom. The fraction of sp³-hybridized carbons (Fsp3) is 0.231. The largest absolute Gasteiger partial charge is 0.481 e. The van der Waals surface area contributed by atoms with E-state index < -0.39 is 11.9 Å². The van der Waals surface area contributed by atoms with Gasteiger partial charge in [-0.25, -0.2) is 0 Å². The van der Waals surface area contributed by atoms with Crippen molar-refractivity contribution in [2.45, 2.75) is 39.5 Å². The molecule has 1 aliphatic rings. The molecule has 0 bridgehead atoms. The number of halogens is 1. The van der Waals surface area contributed by atoms with Crippen LogP contribution in [-0.2, 0) is 27.2 Å². The number of benzene rings is 1. The molecular formula is C26H26ClN3O6. The van der Waals surface area contributed by atoms with Gasteiger partial charge in [-0.15, -0.1) is 0 Å². The average molecular weight is 512 g/mol. The number of fused-ring (bicyclic) bond motifs is 1. The van der Waals surface area contributed by atoms with Gasteiger partial charge in [0.05, 0.1) is 17.0 Å². The van der Waals surface area contributed by atoms with Crippen LogP contribution in [0.5, 0.6) is 0 Å². The molecule has 0 radical (unpaired) electrons. The second-order valence-corrected chi connectivity index (χ2v) is 8.75. The number of amides is 1. The fourth-order valence-corrected chi connectivity index (χ4v) is 4.01. The van der Waals surface area contributed by atoms with Gasteiger partial charge in [-0.05, 0) is 67.2 Å². The van der Waals surface area contributed by atoms with E-state index in [9.17, 15) is 19.2 Å². The van der Waals surface area contributed by atoms with Crippen molar-refractivity contribution in [3.8, 4) is 0 Å². The van der Waals surface area contributed by atoms with E-state index in [-0.39, 0.29) is 18.7 Å². The smallest absolute Gasteiger partial charge is 0.303 e. The molecule has 10 heteroatoms. The summed E-state index contributed by atoms with van der Waals surface area (Å²) in [5.41, 5.74) is 7.03. The van der Waals surface area contributed by atoms with Crippen molar-refractivity contribution >= 4 is 53.1 Å². The number of aliphatic carboxylic acids is 2. The third kappa shape index (κ3) is 6.31. The topological polar surface area (TPSA) is 152 Å². The van der Waals surface area contributed by atoms with Crippen LogP contribution in [0.15, 0.2) is 30.6 Å². The van der Waals surface area contributed by atoms with Crippen LogP contribution >= 0.6 is 11.6 Å². The molecule has 1 aromatic carbocycles. The molecule has 0 atom stereocenters. The van der Waals surface area contributed by atoms with Gasteiger partial charge in [-0.1, -0.05) is 17.7 Å². The summed E-state index contributed by atoms with van der Waals surface area (Å²) in [6, 6.07) is 5.27. The molecule has 36 heavy (non-hydrogen) atoms. The predicted molar refractivity (Wildman–Crippen MR) is 136 cm³/mol. The normalized spacial score (nSPS) is 13.1. The SMILES string of the molecule is Cc1c(CCC(=O)O)c[nH]c1C=C1C(=O)Nc2cc(Cl)ccc21.Cc1c(CCC(=O)O)c[nH]c1C=O. The summed E-state index contributed by atoms with van der Waals surface area (Å²) in [5.74, 6) is -1.83. The minimum absolute atomic E-state index is 0.0799. The van der Waals surface area contributed by atoms with Crippen LogP contribution in [0.1, 0.15) is 56.8 Å². The summed E-state index contributed by atoms with van der Waals surface area (Å²) in [7, 11) is 0. The van der Waals surface area contributed by atoms with E-state index in [0.29, 0.717) is 34.8 Å². The van der Waals surface area contributed by atoms with E-state index in [1.165, 1.54) is 0 Å². The standard InChI is InChI=1S/C17H15ClN2O3.C9H11NO3/c1-9-10(2-5-16(21)22)8-19-14(9)7-13-12-4-3-11(18)6-15(12)20-17(13)23;1-6-7(2-3-9(12)13)4-10-8(6)5-11/h3-4,6-8,19H,2,5H2,1H3,(H,20,23)(H,21,22);4-5,10H,2-3H2,1H3,(H,12,13). The molecule has 0 aliphatic carbocycles. The van der Waals surface area contributed by atoms with E-state index in [1.807, 2.05) is 13.0 Å². The number of hydrogen-bond acceptors (Lipinski definition) is 4. The van der Waals surface area contributed by atoms with E-state index >= 15 is 0 Å². The van der Waals surface area contributed by atoms with Gasteiger partial charge in [0.25, 0.3) is 5.91 Å². The summed E-state index contributed by atoms with van der Waals surface area (Å²) in [5, 5.41) is 20.6. The van der Waals surface area contributed by atoms with Crippen LogP contribution in [0.4, 0.5) is 5.69 Å². The van der Waals surface area contributed by atoms with Crippen LogP contribution in [0.25, 0.3) is 11.6 Å². The molecule has 4 rings (SSSR count). The second kappa shape index (κ2) is 11.5. The van der Waals surface area contributed by atoms with E-state index in [1.54, 1.807) is 37.5 Å². The molecule has 0 saturated carbocycles. The molecular weight excluding hydrogens is 486 g/mol. The number of aldehydes is 1. The Hall–Kier alpha value is -4.11. The molecule has 2 aromatic heterocycles. The third-order valence-electron chi connectivity index (χ3n) is 5.96. The quantitative estimate of drug-likeness (QED) is 0.219. The van der Waals surface area contributed by atoms with Gasteiger partial charge in [0, 0.05) is 41.5 Å².